The first kappa shape index (κ1) is 50.2. The van der Waals surface area contributed by atoms with Gasteiger partial charge in [-0.3, -0.25) is 29.2 Å². The Hall–Kier alpha value is -6.65. The van der Waals surface area contributed by atoms with Gasteiger partial charge in [-0.05, 0) is 84.3 Å². The zero-order valence-electron chi connectivity index (χ0n) is 40.3. The summed E-state index contributed by atoms with van der Waals surface area (Å²) in [5.74, 6) is -4.32. The number of carbonyl (C=O) groups excluding carboxylic acids is 5. The maximum atomic E-state index is 14.8. The van der Waals surface area contributed by atoms with Crippen molar-refractivity contribution in [2.24, 2.45) is 11.3 Å². The van der Waals surface area contributed by atoms with E-state index in [1.807, 2.05) is 45.0 Å². The number of aliphatic hydroxyl groups is 2. The van der Waals surface area contributed by atoms with Crippen molar-refractivity contribution in [1.29, 1.82) is 5.26 Å². The lowest BCUT2D eigenvalue weighted by Gasteiger charge is -2.40. The topological polar surface area (TPSA) is 240 Å². The third kappa shape index (κ3) is 10.1. The molecule has 69 heavy (non-hydrogen) atoms. The maximum absolute atomic E-state index is 14.8. The van der Waals surface area contributed by atoms with Crippen LogP contribution in [-0.4, -0.2) is 133 Å². The van der Waals surface area contributed by atoms with Gasteiger partial charge in [-0.2, -0.15) is 10.7 Å². The van der Waals surface area contributed by atoms with Crippen LogP contribution in [-0.2, 0) is 59.4 Å². The van der Waals surface area contributed by atoms with Crippen LogP contribution in [0.3, 0.4) is 0 Å². The van der Waals surface area contributed by atoms with Crippen LogP contribution in [0.5, 0.6) is 5.75 Å². The number of hydrogen-bond acceptors (Lipinski definition) is 13. The largest absolute Gasteiger partial charge is 0.508 e. The lowest BCUT2D eigenvalue weighted by Crippen LogP contribution is -2.67. The fourth-order valence-corrected chi connectivity index (χ4v) is 9.99. The molecule has 0 saturated carbocycles. The molecule has 2 saturated heterocycles. The summed E-state index contributed by atoms with van der Waals surface area (Å²) in [7, 11) is 2.96. The van der Waals surface area contributed by atoms with E-state index in [1.54, 1.807) is 33.1 Å². The van der Waals surface area contributed by atoms with E-state index in [0.29, 0.717) is 40.9 Å². The van der Waals surface area contributed by atoms with Gasteiger partial charge < -0.3 is 44.5 Å². The van der Waals surface area contributed by atoms with E-state index in [9.17, 15) is 44.6 Å². The number of hydrogen-bond donors (Lipinski definition) is 5. The van der Waals surface area contributed by atoms with Gasteiger partial charge in [-0.15, -0.1) is 0 Å². The van der Waals surface area contributed by atoms with E-state index in [2.05, 4.69) is 32.9 Å². The van der Waals surface area contributed by atoms with Gasteiger partial charge in [0.2, 0.25) is 17.5 Å². The number of aryl methyl sites for hydroxylation is 1. The second kappa shape index (κ2) is 19.8. The summed E-state index contributed by atoms with van der Waals surface area (Å²) in [6.45, 7) is 13.2. The zero-order chi connectivity index (χ0) is 50.2. The lowest BCUT2D eigenvalue weighted by molar-refractivity contribution is -0.189. The second-order valence-corrected chi connectivity index (χ2v) is 19.6. The Morgan fingerprint density at radius 3 is 2.55 bits per heavy atom. The molecule has 6 bridgehead atoms. The van der Waals surface area contributed by atoms with E-state index in [-0.39, 0.29) is 64.3 Å². The van der Waals surface area contributed by atoms with Crippen LogP contribution in [0.1, 0.15) is 76.3 Å². The number of esters is 1. The number of likely N-dealkylation sites (tertiary alicyclic amines) is 1. The van der Waals surface area contributed by atoms with Crippen molar-refractivity contribution in [3.05, 3.63) is 83.7 Å². The number of ether oxygens (including phenoxy) is 2. The molecule has 0 aliphatic carbocycles. The van der Waals surface area contributed by atoms with Gasteiger partial charge in [0.25, 0.3) is 11.8 Å². The highest BCUT2D eigenvalue weighted by Gasteiger charge is 2.49. The Bertz CT molecular complexity index is 2740. The average molecular weight is 947 g/mol. The van der Waals surface area contributed by atoms with Crippen LogP contribution in [0.2, 0.25) is 0 Å². The van der Waals surface area contributed by atoms with Gasteiger partial charge in [0.05, 0.1) is 36.7 Å². The van der Waals surface area contributed by atoms with Crippen molar-refractivity contribution in [2.75, 3.05) is 40.4 Å². The molecule has 2 aromatic carbocycles. The SMILES string of the molecule is C=CC(=O)N1CCC(O)(C(=O)N(C)[C@H](C(=O)N[C@H]2Cc3cc(O)cc(c3)-c3ccc4c(c3)c(c(-c3cc(C#N)cnc3COC)n4CC)CC(C)(C)COC(=O)[C@@]3(O)CCCN(N3)C2=O)C(C)C)C1. The summed E-state index contributed by atoms with van der Waals surface area (Å²) in [4.78, 5) is 76.7. The van der Waals surface area contributed by atoms with Crippen LogP contribution in [0, 0.1) is 22.7 Å². The minimum Gasteiger partial charge on any atom is -0.508 e. The normalized spacial score (nSPS) is 22.1. The minimum absolute atomic E-state index is 0.0451. The summed E-state index contributed by atoms with van der Waals surface area (Å²) in [6, 6.07) is 12.2. The number of fused-ring (bicyclic) bond motifs is 6. The number of nitrogens with zero attached hydrogens (tertiary/aromatic N) is 6. The molecule has 7 rings (SSSR count). The monoisotopic (exact) mass is 946 g/mol. The van der Waals surface area contributed by atoms with Crippen LogP contribution in [0.4, 0.5) is 0 Å². The number of methoxy groups -OCH3 is 1. The standard InChI is InChI=1S/C51H62N8O10/c1-9-42(61)57-17-15-50(66,28-57)47(64)56(7)43(30(3)4)45(62)54-39-21-31-18-34(22-35(60)19-31)33-12-13-41-36(23-33)38(44(58(41)10-2)37-20-32(25-52)26-53-40(37)27-68-8)24-49(5,6)29-69-48(65)51(67)14-11-16-59(55-51)46(39)63/h9,12-13,18-20,22-23,26,30,39,43,55,60,66-67H,1,10-11,14-17,21,24,27-29H2,2-8H3,(H,54,62)/t39-,43-,50?,51-/m0/s1. The van der Waals surface area contributed by atoms with Crippen LogP contribution < -0.4 is 10.7 Å². The maximum Gasteiger partial charge on any atom is 0.355 e. The fourth-order valence-electron chi connectivity index (χ4n) is 9.99. The minimum atomic E-state index is -2.33. The predicted molar refractivity (Wildman–Crippen MR) is 254 cm³/mol. The Morgan fingerprint density at radius 2 is 1.87 bits per heavy atom. The third-order valence-electron chi connectivity index (χ3n) is 13.3. The quantitative estimate of drug-likeness (QED) is 0.113. The number of likely N-dealkylation sites (N-methyl/N-ethyl adjacent to an activating group) is 1. The summed E-state index contributed by atoms with van der Waals surface area (Å²) < 4.78 is 13.6. The first-order valence-corrected chi connectivity index (χ1v) is 23.2. The first-order valence-electron chi connectivity index (χ1n) is 23.2. The van der Waals surface area contributed by atoms with Gasteiger partial charge in [0.1, 0.15) is 23.9 Å². The molecular weight excluding hydrogens is 885 g/mol. The van der Waals surface area contributed by atoms with E-state index in [4.69, 9.17) is 9.47 Å². The number of cyclic esters (lactones) is 1. The van der Waals surface area contributed by atoms with Gasteiger partial charge in [-0.25, -0.2) is 4.79 Å². The molecule has 3 aliphatic rings. The van der Waals surface area contributed by atoms with Crippen molar-refractivity contribution in [1.82, 2.24) is 35.1 Å². The van der Waals surface area contributed by atoms with Crippen molar-refractivity contribution < 1.29 is 48.8 Å². The van der Waals surface area contributed by atoms with Gasteiger partial charge >= 0.3 is 5.97 Å². The summed E-state index contributed by atoms with van der Waals surface area (Å²) in [5.41, 5.74) is 3.67. The molecule has 366 valence electrons. The zero-order valence-corrected chi connectivity index (χ0v) is 40.3. The molecule has 4 aromatic rings. The average Bonchev–Trinajstić information content (AvgIpc) is 3.86. The van der Waals surface area contributed by atoms with Crippen molar-refractivity contribution >= 4 is 40.5 Å². The number of nitriles is 1. The lowest BCUT2D eigenvalue weighted by atomic mass is 9.84. The molecule has 2 aromatic heterocycles. The number of hydrazine groups is 1. The number of pyridine rings is 1. The first-order chi connectivity index (χ1) is 32.7. The highest BCUT2D eigenvalue weighted by molar-refractivity contribution is 5.97. The van der Waals surface area contributed by atoms with Crippen LogP contribution >= 0.6 is 0 Å². The van der Waals surface area contributed by atoms with E-state index < -0.39 is 64.3 Å². The summed E-state index contributed by atoms with van der Waals surface area (Å²) >= 11 is 0. The molecule has 18 heteroatoms. The predicted octanol–water partition coefficient (Wildman–Crippen LogP) is 3.71. The number of aromatic nitrogens is 2. The third-order valence-corrected chi connectivity index (χ3v) is 13.3. The molecule has 0 spiro atoms. The van der Waals surface area contributed by atoms with Gasteiger partial charge in [-0.1, -0.05) is 46.4 Å². The highest BCUT2D eigenvalue weighted by Crippen LogP contribution is 2.42. The Labute approximate surface area is 401 Å². The number of carbonyl (C=O) groups is 5. The summed E-state index contributed by atoms with van der Waals surface area (Å²) in [5, 5.41) is 49.5. The molecule has 5 heterocycles. The number of nitrogens with one attached hydrogen (secondary N) is 2. The molecule has 4 amide bonds. The number of aromatic hydroxyl groups is 1. The van der Waals surface area contributed by atoms with Crippen LogP contribution in [0.15, 0.2) is 61.3 Å². The Kier molecular flexibility index (Phi) is 14.4. The molecule has 1 unspecified atom stereocenters. The number of phenolic OH excluding ortho intramolecular Hbond substituents is 1. The van der Waals surface area contributed by atoms with Crippen molar-refractivity contribution in [3.63, 3.8) is 0 Å². The molecule has 0 radical (unpaired) electrons. The van der Waals surface area contributed by atoms with Crippen LogP contribution in [0.25, 0.3) is 33.3 Å². The van der Waals surface area contributed by atoms with Crippen molar-refractivity contribution in [3.8, 4) is 34.2 Å². The number of amides is 4. The number of phenols is 1. The molecular formula is C51H62N8O10. The highest BCUT2D eigenvalue weighted by atomic mass is 16.6. The molecule has 3 aliphatic heterocycles. The smallest absolute Gasteiger partial charge is 0.355 e. The molecule has 18 nitrogen and oxygen atoms in total. The number of rotatable bonds is 10. The van der Waals surface area contributed by atoms with Crippen molar-refractivity contribution in [2.45, 2.75) is 103 Å². The van der Waals surface area contributed by atoms with E-state index in [1.165, 1.54) is 24.2 Å². The van der Waals surface area contributed by atoms with E-state index >= 15 is 0 Å². The Balaban J connectivity index is 1.34. The van der Waals surface area contributed by atoms with Gasteiger partial charge in [0.15, 0.2) is 5.60 Å². The van der Waals surface area contributed by atoms with E-state index in [0.717, 1.165) is 43.7 Å². The molecule has 5 N–H and O–H groups in total. The molecule has 4 atom stereocenters. The molecule has 2 fully saturated rings. The van der Waals surface area contributed by atoms with Gasteiger partial charge in [0, 0.05) is 81.1 Å². The number of benzene rings is 2. The fraction of sp³-hybridized carbons (Fsp3) is 0.471. The number of β-amino-alcohol motifs (C(OH)–C–C–N with tert-alkyl or cyclic N) is 1. The summed E-state index contributed by atoms with van der Waals surface area (Å²) in [6.07, 6.45) is 2.82. The Morgan fingerprint density at radius 1 is 1.12 bits per heavy atom. The second-order valence-electron chi connectivity index (χ2n) is 19.6.